The SMILES string of the molecule is COc1ccc(CCNCc2cc3cccc(C)c3nc2-c2cccs2)cc1. The van der Waals surface area contributed by atoms with Crippen LogP contribution in [0, 0.1) is 6.92 Å². The number of pyridine rings is 1. The number of hydrogen-bond donors (Lipinski definition) is 1. The van der Waals surface area contributed by atoms with Gasteiger partial charge < -0.3 is 10.1 Å². The zero-order valence-corrected chi connectivity index (χ0v) is 17.1. The molecular formula is C24H24N2OS. The standard InChI is InChI=1S/C24H24N2OS/c1-17-5-3-6-19-15-20(24(26-23(17)19)22-7-4-14-28-22)16-25-13-12-18-8-10-21(27-2)11-9-18/h3-11,14-15,25H,12-13,16H2,1-2H3. The van der Waals surface area contributed by atoms with Gasteiger partial charge in [0.2, 0.25) is 0 Å². The van der Waals surface area contributed by atoms with Gasteiger partial charge in [-0.25, -0.2) is 4.98 Å². The predicted octanol–water partition coefficient (Wildman–Crippen LogP) is 5.61. The van der Waals surface area contributed by atoms with Crippen molar-refractivity contribution in [1.82, 2.24) is 10.3 Å². The van der Waals surface area contributed by atoms with Crippen molar-refractivity contribution in [3.8, 4) is 16.3 Å². The lowest BCUT2D eigenvalue weighted by Crippen LogP contribution is -2.17. The predicted molar refractivity (Wildman–Crippen MR) is 118 cm³/mol. The van der Waals surface area contributed by atoms with E-state index in [0.717, 1.165) is 36.5 Å². The molecule has 142 valence electrons. The second-order valence-corrected chi connectivity index (χ2v) is 7.84. The smallest absolute Gasteiger partial charge is 0.118 e. The van der Waals surface area contributed by atoms with Crippen molar-refractivity contribution < 1.29 is 4.74 Å². The van der Waals surface area contributed by atoms with Crippen molar-refractivity contribution >= 4 is 22.2 Å². The van der Waals surface area contributed by atoms with Gasteiger partial charge in [-0.3, -0.25) is 0 Å². The molecule has 0 fully saturated rings. The number of thiophene rings is 1. The Hall–Kier alpha value is -2.69. The van der Waals surface area contributed by atoms with Gasteiger partial charge in [0, 0.05) is 11.9 Å². The highest BCUT2D eigenvalue weighted by molar-refractivity contribution is 7.13. The Bertz CT molecular complexity index is 1060. The van der Waals surface area contributed by atoms with Crippen molar-refractivity contribution in [2.24, 2.45) is 0 Å². The van der Waals surface area contributed by atoms with E-state index in [9.17, 15) is 0 Å². The van der Waals surface area contributed by atoms with Crippen LogP contribution in [0.2, 0.25) is 0 Å². The molecule has 0 aliphatic rings. The zero-order valence-electron chi connectivity index (χ0n) is 16.2. The summed E-state index contributed by atoms with van der Waals surface area (Å²) in [5, 5.41) is 6.91. The molecule has 0 unspecified atom stereocenters. The molecule has 0 bridgehead atoms. The Balaban J connectivity index is 1.51. The minimum absolute atomic E-state index is 0.806. The first-order valence-electron chi connectivity index (χ1n) is 9.51. The Morgan fingerprint density at radius 3 is 2.64 bits per heavy atom. The molecule has 2 heterocycles. The van der Waals surface area contributed by atoms with E-state index < -0.39 is 0 Å². The molecule has 1 N–H and O–H groups in total. The first-order chi connectivity index (χ1) is 13.7. The first kappa shape index (κ1) is 18.7. The van der Waals surface area contributed by atoms with Crippen molar-refractivity contribution in [3.63, 3.8) is 0 Å². The summed E-state index contributed by atoms with van der Waals surface area (Å²) in [6.45, 7) is 3.85. The Kier molecular flexibility index (Phi) is 5.70. The summed E-state index contributed by atoms with van der Waals surface area (Å²) in [6, 6.07) is 21.2. The highest BCUT2D eigenvalue weighted by atomic mass is 32.1. The van der Waals surface area contributed by atoms with E-state index in [2.05, 4.69) is 66.2 Å². The minimum atomic E-state index is 0.806. The molecule has 0 atom stereocenters. The lowest BCUT2D eigenvalue weighted by Gasteiger charge is -2.12. The average molecular weight is 389 g/mol. The normalized spacial score (nSPS) is 11.1. The number of nitrogens with one attached hydrogen (secondary N) is 1. The van der Waals surface area contributed by atoms with Crippen molar-refractivity contribution in [2.45, 2.75) is 19.9 Å². The molecule has 0 saturated carbocycles. The zero-order chi connectivity index (χ0) is 19.3. The Labute approximate surface area is 170 Å². The number of fused-ring (bicyclic) bond motifs is 1. The number of nitrogens with zero attached hydrogens (tertiary/aromatic N) is 1. The number of aryl methyl sites for hydroxylation is 1. The first-order valence-corrected chi connectivity index (χ1v) is 10.4. The minimum Gasteiger partial charge on any atom is -0.497 e. The molecule has 0 spiro atoms. The molecule has 3 nitrogen and oxygen atoms in total. The Morgan fingerprint density at radius 1 is 1.04 bits per heavy atom. The summed E-state index contributed by atoms with van der Waals surface area (Å²) in [6.07, 6.45) is 0.985. The summed E-state index contributed by atoms with van der Waals surface area (Å²) in [7, 11) is 1.70. The van der Waals surface area contributed by atoms with Crippen LogP contribution >= 0.6 is 11.3 Å². The fourth-order valence-corrected chi connectivity index (χ4v) is 4.15. The number of benzene rings is 2. The average Bonchev–Trinajstić information content (AvgIpc) is 3.26. The highest BCUT2D eigenvalue weighted by Gasteiger charge is 2.11. The Morgan fingerprint density at radius 2 is 1.89 bits per heavy atom. The van der Waals surface area contributed by atoms with Crippen LogP contribution in [0.25, 0.3) is 21.5 Å². The number of ether oxygens (including phenoxy) is 1. The molecule has 28 heavy (non-hydrogen) atoms. The molecular weight excluding hydrogens is 364 g/mol. The number of para-hydroxylation sites is 1. The fourth-order valence-electron chi connectivity index (χ4n) is 3.40. The summed E-state index contributed by atoms with van der Waals surface area (Å²) < 4.78 is 5.22. The van der Waals surface area contributed by atoms with Crippen LogP contribution in [0.4, 0.5) is 0 Å². The summed E-state index contributed by atoms with van der Waals surface area (Å²) in [4.78, 5) is 6.25. The largest absolute Gasteiger partial charge is 0.497 e. The molecule has 0 radical (unpaired) electrons. The van der Waals surface area contributed by atoms with Crippen LogP contribution in [-0.4, -0.2) is 18.6 Å². The number of methoxy groups -OCH3 is 1. The topological polar surface area (TPSA) is 34.1 Å². The third kappa shape index (κ3) is 4.08. The van der Waals surface area contributed by atoms with Gasteiger partial charge in [0.05, 0.1) is 23.2 Å². The van der Waals surface area contributed by atoms with Gasteiger partial charge in [0.15, 0.2) is 0 Å². The van der Waals surface area contributed by atoms with Crippen LogP contribution in [0.15, 0.2) is 66.0 Å². The van der Waals surface area contributed by atoms with Crippen LogP contribution in [0.3, 0.4) is 0 Å². The second kappa shape index (κ2) is 8.55. The van der Waals surface area contributed by atoms with Gasteiger partial charge in [-0.1, -0.05) is 36.4 Å². The summed E-state index contributed by atoms with van der Waals surface area (Å²) in [5.74, 6) is 0.898. The quantitative estimate of drug-likeness (QED) is 0.418. The van der Waals surface area contributed by atoms with Gasteiger partial charge in [0.1, 0.15) is 5.75 Å². The molecule has 0 saturated heterocycles. The van der Waals surface area contributed by atoms with E-state index in [0.29, 0.717) is 0 Å². The van der Waals surface area contributed by atoms with E-state index in [-0.39, 0.29) is 0 Å². The lowest BCUT2D eigenvalue weighted by atomic mass is 10.1. The molecule has 4 aromatic rings. The molecule has 0 aliphatic carbocycles. The van der Waals surface area contributed by atoms with Crippen LogP contribution in [-0.2, 0) is 13.0 Å². The van der Waals surface area contributed by atoms with E-state index in [1.54, 1.807) is 18.4 Å². The van der Waals surface area contributed by atoms with E-state index in [1.165, 1.54) is 27.0 Å². The van der Waals surface area contributed by atoms with E-state index in [4.69, 9.17) is 9.72 Å². The van der Waals surface area contributed by atoms with Crippen molar-refractivity contribution in [2.75, 3.05) is 13.7 Å². The molecule has 2 aromatic heterocycles. The van der Waals surface area contributed by atoms with Crippen molar-refractivity contribution in [3.05, 3.63) is 82.7 Å². The fraction of sp³-hybridized carbons (Fsp3) is 0.208. The maximum Gasteiger partial charge on any atom is 0.118 e. The van der Waals surface area contributed by atoms with Crippen LogP contribution in [0.1, 0.15) is 16.7 Å². The highest BCUT2D eigenvalue weighted by Crippen LogP contribution is 2.30. The van der Waals surface area contributed by atoms with E-state index in [1.807, 2.05) is 12.1 Å². The maximum absolute atomic E-state index is 5.22. The molecule has 0 aliphatic heterocycles. The van der Waals surface area contributed by atoms with Gasteiger partial charge in [-0.05, 0) is 66.2 Å². The monoisotopic (exact) mass is 388 g/mol. The van der Waals surface area contributed by atoms with Crippen LogP contribution < -0.4 is 10.1 Å². The number of aromatic nitrogens is 1. The second-order valence-electron chi connectivity index (χ2n) is 6.89. The third-order valence-corrected chi connectivity index (χ3v) is 5.82. The van der Waals surface area contributed by atoms with E-state index >= 15 is 0 Å². The number of rotatable bonds is 7. The number of hydrogen-bond acceptors (Lipinski definition) is 4. The van der Waals surface area contributed by atoms with Gasteiger partial charge in [-0.2, -0.15) is 0 Å². The molecule has 4 heteroatoms. The van der Waals surface area contributed by atoms with Gasteiger partial charge in [0.25, 0.3) is 0 Å². The molecule has 4 rings (SSSR count). The maximum atomic E-state index is 5.22. The van der Waals surface area contributed by atoms with Gasteiger partial charge in [-0.15, -0.1) is 11.3 Å². The lowest BCUT2D eigenvalue weighted by molar-refractivity contribution is 0.414. The molecule has 2 aromatic carbocycles. The van der Waals surface area contributed by atoms with Gasteiger partial charge >= 0.3 is 0 Å². The summed E-state index contributed by atoms with van der Waals surface area (Å²) in [5.41, 5.74) is 5.95. The third-order valence-electron chi connectivity index (χ3n) is 4.95. The van der Waals surface area contributed by atoms with Crippen molar-refractivity contribution in [1.29, 1.82) is 0 Å². The molecule has 0 amide bonds. The van der Waals surface area contributed by atoms with Crippen LogP contribution in [0.5, 0.6) is 5.75 Å². The summed E-state index contributed by atoms with van der Waals surface area (Å²) >= 11 is 1.74.